The molecule has 156 valence electrons. The fourth-order valence-electron chi connectivity index (χ4n) is 4.20. The molecule has 0 unspecified atom stereocenters. The molecule has 0 radical (unpaired) electrons. The van der Waals surface area contributed by atoms with Gasteiger partial charge < -0.3 is 19.5 Å². The van der Waals surface area contributed by atoms with Crippen LogP contribution in [0.25, 0.3) is 0 Å². The summed E-state index contributed by atoms with van der Waals surface area (Å²) in [5.74, 6) is 1.65. The number of ether oxygens (including phenoxy) is 3. The molecule has 4 nitrogen and oxygen atoms in total. The summed E-state index contributed by atoms with van der Waals surface area (Å²) in [4.78, 5) is 0. The second-order valence-corrected chi connectivity index (χ2v) is 7.61. The Morgan fingerprint density at radius 1 is 0.767 bits per heavy atom. The van der Waals surface area contributed by atoms with Gasteiger partial charge >= 0.3 is 0 Å². The third kappa shape index (κ3) is 4.07. The summed E-state index contributed by atoms with van der Waals surface area (Å²) >= 11 is 0. The molecule has 30 heavy (non-hydrogen) atoms. The maximum Gasteiger partial charge on any atom is 0.143 e. The van der Waals surface area contributed by atoms with Crippen LogP contribution >= 0.6 is 0 Å². The van der Waals surface area contributed by atoms with Crippen molar-refractivity contribution in [1.82, 2.24) is 5.32 Å². The van der Waals surface area contributed by atoms with Crippen molar-refractivity contribution in [3.05, 3.63) is 95.6 Å². The molecule has 3 aromatic carbocycles. The Bertz CT molecular complexity index is 869. The highest BCUT2D eigenvalue weighted by Crippen LogP contribution is 2.41. The first-order chi connectivity index (χ1) is 14.8. The lowest BCUT2D eigenvalue weighted by Gasteiger charge is -2.37. The summed E-state index contributed by atoms with van der Waals surface area (Å²) < 4.78 is 17.7. The molecule has 4 rings (SSSR count). The van der Waals surface area contributed by atoms with Crippen molar-refractivity contribution in [1.29, 1.82) is 0 Å². The number of methoxy groups -OCH3 is 2. The van der Waals surface area contributed by atoms with Crippen LogP contribution in [0.1, 0.15) is 29.5 Å². The van der Waals surface area contributed by atoms with E-state index in [9.17, 15) is 0 Å². The monoisotopic (exact) mass is 403 g/mol. The first-order valence-electron chi connectivity index (χ1n) is 10.5. The zero-order valence-electron chi connectivity index (χ0n) is 17.6. The van der Waals surface area contributed by atoms with Gasteiger partial charge in [0.2, 0.25) is 0 Å². The second-order valence-electron chi connectivity index (χ2n) is 7.61. The van der Waals surface area contributed by atoms with Crippen LogP contribution in [0.4, 0.5) is 0 Å². The van der Waals surface area contributed by atoms with Gasteiger partial charge in [0.15, 0.2) is 0 Å². The van der Waals surface area contributed by atoms with Crippen molar-refractivity contribution in [2.75, 3.05) is 27.4 Å². The number of hydrogen-bond acceptors (Lipinski definition) is 4. The Morgan fingerprint density at radius 2 is 1.30 bits per heavy atom. The minimum atomic E-state index is -0.732. The van der Waals surface area contributed by atoms with Crippen molar-refractivity contribution in [2.45, 2.75) is 24.5 Å². The fraction of sp³-hybridized carbons (Fsp3) is 0.308. The second kappa shape index (κ2) is 9.33. The van der Waals surface area contributed by atoms with E-state index in [4.69, 9.17) is 14.2 Å². The molecule has 0 spiro atoms. The zero-order valence-corrected chi connectivity index (χ0v) is 17.6. The highest BCUT2D eigenvalue weighted by Gasteiger charge is 2.38. The predicted molar refractivity (Wildman–Crippen MR) is 119 cm³/mol. The molecule has 1 heterocycles. The van der Waals surface area contributed by atoms with Gasteiger partial charge in [0, 0.05) is 6.04 Å². The molecule has 1 aliphatic rings. The number of benzene rings is 3. The van der Waals surface area contributed by atoms with E-state index in [1.165, 1.54) is 6.42 Å². The number of rotatable bonds is 8. The lowest BCUT2D eigenvalue weighted by molar-refractivity contribution is 0.00252. The molecule has 4 heteroatoms. The van der Waals surface area contributed by atoms with Gasteiger partial charge in [0.05, 0.1) is 20.8 Å². The molecule has 1 fully saturated rings. The van der Waals surface area contributed by atoms with Crippen molar-refractivity contribution in [2.24, 2.45) is 0 Å². The molecular weight excluding hydrogens is 374 g/mol. The molecule has 0 saturated carbocycles. The first-order valence-corrected chi connectivity index (χ1v) is 10.5. The number of hydrogen-bond donors (Lipinski definition) is 1. The van der Waals surface area contributed by atoms with Gasteiger partial charge in [0.1, 0.15) is 17.1 Å². The standard InChI is InChI=1S/C26H29NO3/c1-28-24-14-10-21(11-15-24)26(20-7-4-3-5-8-20,30-19-23-9-6-18-27-23)22-12-16-25(29-2)17-13-22/h3-5,7-8,10-17,23,27H,6,9,18-19H2,1-2H3/t23-/m0/s1. The molecule has 1 saturated heterocycles. The lowest BCUT2D eigenvalue weighted by atomic mass is 9.80. The summed E-state index contributed by atoms with van der Waals surface area (Å²) in [6.45, 7) is 1.68. The quantitative estimate of drug-likeness (QED) is 0.550. The largest absolute Gasteiger partial charge is 0.497 e. The summed E-state index contributed by atoms with van der Waals surface area (Å²) in [7, 11) is 3.37. The fourth-order valence-corrected chi connectivity index (χ4v) is 4.20. The van der Waals surface area contributed by atoms with Crippen LogP contribution in [0, 0.1) is 0 Å². The smallest absolute Gasteiger partial charge is 0.143 e. The van der Waals surface area contributed by atoms with Gasteiger partial charge in [-0.05, 0) is 60.3 Å². The van der Waals surface area contributed by atoms with Crippen LogP contribution < -0.4 is 14.8 Å². The van der Waals surface area contributed by atoms with Gasteiger partial charge in [0.25, 0.3) is 0 Å². The highest BCUT2D eigenvalue weighted by atomic mass is 16.5. The Morgan fingerprint density at radius 3 is 1.77 bits per heavy atom. The molecule has 0 amide bonds. The zero-order chi connectivity index (χ0) is 20.8. The van der Waals surface area contributed by atoms with Crippen molar-refractivity contribution < 1.29 is 14.2 Å². The third-order valence-corrected chi connectivity index (χ3v) is 5.84. The van der Waals surface area contributed by atoms with Crippen molar-refractivity contribution in [3.63, 3.8) is 0 Å². The van der Waals surface area contributed by atoms with Gasteiger partial charge in [-0.3, -0.25) is 0 Å². The van der Waals surface area contributed by atoms with E-state index in [1.54, 1.807) is 14.2 Å². The summed E-state index contributed by atoms with van der Waals surface area (Å²) in [6, 6.07) is 27.2. The molecule has 0 aromatic heterocycles. The summed E-state index contributed by atoms with van der Waals surface area (Å²) in [5, 5.41) is 3.56. The molecule has 1 aliphatic heterocycles. The molecule has 1 atom stereocenters. The maximum absolute atomic E-state index is 6.87. The summed E-state index contributed by atoms with van der Waals surface area (Å²) in [6.07, 6.45) is 2.33. The average molecular weight is 404 g/mol. The highest BCUT2D eigenvalue weighted by molar-refractivity contribution is 5.49. The topological polar surface area (TPSA) is 39.7 Å². The van der Waals surface area contributed by atoms with Crippen LogP contribution in [0.2, 0.25) is 0 Å². The van der Waals surface area contributed by atoms with Crippen LogP contribution in [0.3, 0.4) is 0 Å². The van der Waals surface area contributed by atoms with Gasteiger partial charge in [-0.25, -0.2) is 0 Å². The van der Waals surface area contributed by atoms with Gasteiger partial charge in [-0.1, -0.05) is 54.6 Å². The van der Waals surface area contributed by atoms with Gasteiger partial charge in [-0.15, -0.1) is 0 Å². The van der Waals surface area contributed by atoms with E-state index in [1.807, 2.05) is 30.3 Å². The summed E-state index contributed by atoms with van der Waals surface area (Å²) in [5.41, 5.74) is 2.50. The van der Waals surface area contributed by atoms with E-state index in [2.05, 4.69) is 53.8 Å². The predicted octanol–water partition coefficient (Wildman–Crippen LogP) is 4.76. The van der Waals surface area contributed by atoms with E-state index >= 15 is 0 Å². The molecule has 0 bridgehead atoms. The van der Waals surface area contributed by atoms with E-state index in [0.717, 1.165) is 41.2 Å². The molecule has 0 aliphatic carbocycles. The Hall–Kier alpha value is -2.82. The normalized spacial score (nSPS) is 16.4. The van der Waals surface area contributed by atoms with E-state index in [-0.39, 0.29) is 0 Å². The molecular formula is C26H29NO3. The average Bonchev–Trinajstić information content (AvgIpc) is 3.35. The number of nitrogens with one attached hydrogen (secondary N) is 1. The maximum atomic E-state index is 6.87. The SMILES string of the molecule is COc1ccc(C(OC[C@@H]2CCCN2)(c2ccccc2)c2ccc(OC)cc2)cc1. The van der Waals surface area contributed by atoms with Crippen molar-refractivity contribution >= 4 is 0 Å². The Balaban J connectivity index is 1.85. The lowest BCUT2D eigenvalue weighted by Crippen LogP contribution is -2.38. The minimum absolute atomic E-state index is 0.365. The Kier molecular flexibility index (Phi) is 6.36. The van der Waals surface area contributed by atoms with Crippen LogP contribution in [-0.4, -0.2) is 33.4 Å². The minimum Gasteiger partial charge on any atom is -0.497 e. The van der Waals surface area contributed by atoms with E-state index in [0.29, 0.717) is 12.6 Å². The third-order valence-electron chi connectivity index (χ3n) is 5.84. The first kappa shape index (κ1) is 20.5. The van der Waals surface area contributed by atoms with Crippen LogP contribution in [-0.2, 0) is 10.3 Å². The van der Waals surface area contributed by atoms with Crippen molar-refractivity contribution in [3.8, 4) is 11.5 Å². The molecule has 3 aromatic rings. The van der Waals surface area contributed by atoms with E-state index < -0.39 is 5.60 Å². The Labute approximate surface area is 178 Å². The van der Waals surface area contributed by atoms with Gasteiger partial charge in [-0.2, -0.15) is 0 Å². The molecule has 1 N–H and O–H groups in total. The van der Waals surface area contributed by atoms with Crippen LogP contribution in [0.15, 0.2) is 78.9 Å². The van der Waals surface area contributed by atoms with Crippen LogP contribution in [0.5, 0.6) is 11.5 Å².